The number of nitrogens with one attached hydrogen (secondary N) is 2. The summed E-state index contributed by atoms with van der Waals surface area (Å²) in [6, 6.07) is 18.7. The second-order valence-electron chi connectivity index (χ2n) is 13.1. The van der Waals surface area contributed by atoms with E-state index in [4.69, 9.17) is 0 Å². The molecule has 0 aliphatic heterocycles. The van der Waals surface area contributed by atoms with Crippen molar-refractivity contribution in [2.75, 3.05) is 7.05 Å². The molecule has 0 fully saturated rings. The van der Waals surface area contributed by atoms with Crippen LogP contribution in [0.2, 0.25) is 0 Å². The third-order valence-corrected chi connectivity index (χ3v) is 8.07. The van der Waals surface area contributed by atoms with E-state index in [1.54, 1.807) is 18.9 Å². The predicted molar refractivity (Wildman–Crippen MR) is 168 cm³/mol. The van der Waals surface area contributed by atoms with Gasteiger partial charge in [0.05, 0.1) is 6.04 Å². The highest BCUT2D eigenvalue weighted by Gasteiger charge is 2.41. The van der Waals surface area contributed by atoms with E-state index in [1.165, 1.54) is 0 Å². The lowest BCUT2D eigenvalue weighted by Crippen LogP contribution is -2.58. The lowest BCUT2D eigenvalue weighted by molar-refractivity contribution is -0.141. The molecule has 3 amide bonds. The van der Waals surface area contributed by atoms with Crippen LogP contribution in [0.4, 0.5) is 0 Å². The minimum Gasteiger partial charge on any atom is -0.348 e. The number of likely N-dealkylation sites (N-methyl/N-ethyl adjacent to an activating group) is 1. The first kappa shape index (κ1) is 33.8. The maximum absolute atomic E-state index is 14.0. The zero-order chi connectivity index (χ0) is 31.0. The van der Waals surface area contributed by atoms with Gasteiger partial charge in [0.25, 0.3) is 0 Å². The minimum absolute atomic E-state index is 0.0533. The topological polar surface area (TPSA) is 78.5 Å². The fourth-order valence-electron chi connectivity index (χ4n) is 5.34. The van der Waals surface area contributed by atoms with Crippen LogP contribution in [0.3, 0.4) is 0 Å². The van der Waals surface area contributed by atoms with Gasteiger partial charge in [-0.05, 0) is 35.8 Å². The molecule has 2 N–H and O–H groups in total. The van der Waals surface area contributed by atoms with Gasteiger partial charge in [0.1, 0.15) is 6.04 Å². The number of nitrogens with zero attached hydrogens (tertiary/aromatic N) is 1. The minimum atomic E-state index is -0.734. The van der Waals surface area contributed by atoms with Gasteiger partial charge in [0, 0.05) is 30.5 Å². The number of carbonyl (C=O) groups excluding carboxylic acids is 3. The average Bonchev–Trinajstić information content (AvgIpc) is 2.92. The Hall–Kier alpha value is -3.41. The molecule has 0 saturated heterocycles. The van der Waals surface area contributed by atoms with E-state index in [0.717, 1.165) is 11.1 Å². The second-order valence-corrected chi connectivity index (χ2v) is 13.1. The summed E-state index contributed by atoms with van der Waals surface area (Å²) < 4.78 is 0. The number of carbonyl (C=O) groups is 3. The molecule has 0 aromatic heterocycles. The van der Waals surface area contributed by atoms with Crippen molar-refractivity contribution in [1.82, 2.24) is 15.5 Å². The summed E-state index contributed by atoms with van der Waals surface area (Å²) in [5.74, 6) is -0.737. The molecule has 0 bridgehead atoms. The molecule has 6 heteroatoms. The van der Waals surface area contributed by atoms with Gasteiger partial charge >= 0.3 is 0 Å². The van der Waals surface area contributed by atoms with Crippen LogP contribution in [-0.2, 0) is 26.3 Å². The molecular weight excluding hydrogens is 510 g/mol. The maximum atomic E-state index is 14.0. The fourth-order valence-corrected chi connectivity index (χ4v) is 5.34. The van der Waals surface area contributed by atoms with Crippen molar-refractivity contribution < 1.29 is 14.4 Å². The Kier molecular flexibility index (Phi) is 11.9. The van der Waals surface area contributed by atoms with Crippen LogP contribution in [0.25, 0.3) is 0 Å². The molecule has 6 nitrogen and oxygen atoms in total. The lowest BCUT2D eigenvalue weighted by atomic mass is 9.71. The number of benzene rings is 2. The molecule has 0 unspecified atom stereocenters. The standard InChI is InChI=1S/C35H51N3O3/c1-11-28(35(8,9)27-20-16-13-17-21-27)32(40)37-30(34(5,6)7)33(41)38(10)29(24(2)3)22-25(4)31(39)36-23-26-18-14-12-15-19-26/h12-22,24,28-30H,11,23H2,1-10H3,(H,36,39)(H,37,40)/b25-22+/t28-,29-,30-/m1/s1. The van der Waals surface area contributed by atoms with Gasteiger partial charge in [-0.25, -0.2) is 0 Å². The predicted octanol–water partition coefficient (Wildman–Crippen LogP) is 6.27. The molecule has 41 heavy (non-hydrogen) atoms. The molecule has 0 spiro atoms. The van der Waals surface area contributed by atoms with Crippen LogP contribution in [0, 0.1) is 17.3 Å². The Labute approximate surface area is 248 Å². The average molecular weight is 562 g/mol. The van der Waals surface area contributed by atoms with Crippen LogP contribution in [0.15, 0.2) is 72.3 Å². The normalized spacial score (nSPS) is 14.7. The summed E-state index contributed by atoms with van der Waals surface area (Å²) in [5.41, 5.74) is 1.72. The number of hydrogen-bond donors (Lipinski definition) is 2. The Bertz CT molecular complexity index is 1180. The Morgan fingerprint density at radius 2 is 1.44 bits per heavy atom. The summed E-state index contributed by atoms with van der Waals surface area (Å²) in [4.78, 5) is 42.4. The molecule has 2 rings (SSSR count). The van der Waals surface area contributed by atoms with Crippen LogP contribution in [0.5, 0.6) is 0 Å². The first-order valence-electron chi connectivity index (χ1n) is 14.7. The van der Waals surface area contributed by atoms with E-state index >= 15 is 0 Å². The number of rotatable bonds is 12. The Morgan fingerprint density at radius 3 is 1.93 bits per heavy atom. The van der Waals surface area contributed by atoms with Crippen LogP contribution in [0.1, 0.15) is 79.9 Å². The molecular formula is C35H51N3O3. The first-order chi connectivity index (χ1) is 19.1. The number of hydrogen-bond acceptors (Lipinski definition) is 3. The van der Waals surface area contributed by atoms with Gasteiger partial charge < -0.3 is 15.5 Å². The van der Waals surface area contributed by atoms with Crippen LogP contribution in [-0.4, -0.2) is 41.8 Å². The molecule has 0 aliphatic rings. The maximum Gasteiger partial charge on any atom is 0.246 e. The zero-order valence-electron chi connectivity index (χ0n) is 26.7. The molecule has 3 atom stereocenters. The second kappa shape index (κ2) is 14.5. The van der Waals surface area contributed by atoms with Gasteiger partial charge in [-0.3, -0.25) is 14.4 Å². The molecule has 0 heterocycles. The Morgan fingerprint density at radius 1 is 0.902 bits per heavy atom. The van der Waals surface area contributed by atoms with Gasteiger partial charge in [0.15, 0.2) is 0 Å². The SMILES string of the molecule is CC[C@H](C(=O)N[C@H](C(=O)N(C)[C@H](/C=C(\C)C(=O)NCc1ccccc1)C(C)C)C(C)(C)C)C(C)(C)c1ccccc1. The lowest BCUT2D eigenvalue weighted by Gasteiger charge is -2.40. The molecule has 0 saturated carbocycles. The highest BCUT2D eigenvalue weighted by atomic mass is 16.2. The molecule has 2 aromatic carbocycles. The van der Waals surface area contributed by atoms with E-state index in [9.17, 15) is 14.4 Å². The van der Waals surface area contributed by atoms with E-state index in [2.05, 4.69) is 24.5 Å². The first-order valence-corrected chi connectivity index (χ1v) is 14.7. The molecule has 0 radical (unpaired) electrons. The molecule has 0 aliphatic carbocycles. The monoisotopic (exact) mass is 561 g/mol. The summed E-state index contributed by atoms with van der Waals surface area (Å²) in [6.07, 6.45) is 2.50. The van der Waals surface area contributed by atoms with Crippen LogP contribution < -0.4 is 10.6 Å². The van der Waals surface area contributed by atoms with Crippen molar-refractivity contribution in [2.45, 2.75) is 92.8 Å². The fraction of sp³-hybridized carbons (Fsp3) is 0.514. The van der Waals surface area contributed by atoms with E-state index < -0.39 is 16.9 Å². The van der Waals surface area contributed by atoms with Gasteiger partial charge in [-0.2, -0.15) is 0 Å². The summed E-state index contributed by atoms with van der Waals surface area (Å²) in [7, 11) is 1.76. The van der Waals surface area contributed by atoms with Gasteiger partial charge in [-0.15, -0.1) is 0 Å². The smallest absolute Gasteiger partial charge is 0.246 e. The van der Waals surface area contributed by atoms with Crippen molar-refractivity contribution in [3.63, 3.8) is 0 Å². The summed E-state index contributed by atoms with van der Waals surface area (Å²) in [6.45, 7) is 18.3. The van der Waals surface area contributed by atoms with E-state index in [-0.39, 0.29) is 35.6 Å². The molecule has 224 valence electrons. The van der Waals surface area contributed by atoms with E-state index in [0.29, 0.717) is 18.5 Å². The quantitative estimate of drug-likeness (QED) is 0.300. The third-order valence-electron chi connectivity index (χ3n) is 8.07. The van der Waals surface area contributed by atoms with Crippen molar-refractivity contribution in [3.8, 4) is 0 Å². The molecule has 2 aromatic rings. The zero-order valence-corrected chi connectivity index (χ0v) is 26.7. The Balaban J connectivity index is 2.26. The van der Waals surface area contributed by atoms with E-state index in [1.807, 2.05) is 108 Å². The highest BCUT2D eigenvalue weighted by Crippen LogP contribution is 2.35. The number of amides is 3. The largest absolute Gasteiger partial charge is 0.348 e. The van der Waals surface area contributed by atoms with Crippen molar-refractivity contribution in [2.24, 2.45) is 17.3 Å². The van der Waals surface area contributed by atoms with Crippen molar-refractivity contribution >= 4 is 17.7 Å². The summed E-state index contributed by atoms with van der Waals surface area (Å²) in [5, 5.41) is 6.11. The van der Waals surface area contributed by atoms with Crippen molar-refractivity contribution in [1.29, 1.82) is 0 Å². The third kappa shape index (κ3) is 9.04. The van der Waals surface area contributed by atoms with Crippen LogP contribution >= 0.6 is 0 Å². The van der Waals surface area contributed by atoms with Gasteiger partial charge in [-0.1, -0.05) is 122 Å². The summed E-state index contributed by atoms with van der Waals surface area (Å²) >= 11 is 0. The highest BCUT2D eigenvalue weighted by molar-refractivity contribution is 5.93. The van der Waals surface area contributed by atoms with Crippen molar-refractivity contribution in [3.05, 3.63) is 83.4 Å². The van der Waals surface area contributed by atoms with Gasteiger partial charge in [0.2, 0.25) is 17.7 Å².